The normalized spacial score (nSPS) is 12.2. The lowest BCUT2D eigenvalue weighted by molar-refractivity contribution is 0.673. The van der Waals surface area contributed by atoms with Crippen molar-refractivity contribution in [3.05, 3.63) is 210 Å². The van der Waals surface area contributed by atoms with Crippen LogP contribution in [0.2, 0.25) is 0 Å². The van der Waals surface area contributed by atoms with Crippen LogP contribution < -0.4 is 4.90 Å². The highest BCUT2D eigenvalue weighted by molar-refractivity contribution is 6.24. The molecule has 8 aromatic carbocycles. The summed E-state index contributed by atoms with van der Waals surface area (Å²) in [5.74, 6) is -0.270. The monoisotopic (exact) mass is 714 g/mol. The summed E-state index contributed by atoms with van der Waals surface area (Å²) in [6, 6.07) is 63.0. The van der Waals surface area contributed by atoms with Crippen LogP contribution in [0, 0.1) is 17.9 Å². The second-order valence-corrected chi connectivity index (χ2v) is 14.2. The van der Waals surface area contributed by atoms with Gasteiger partial charge in [0, 0.05) is 39.1 Å². The van der Waals surface area contributed by atoms with E-state index in [1.54, 1.807) is 0 Å². The molecule has 260 valence electrons. The third-order valence-electron chi connectivity index (χ3n) is 11.3. The van der Waals surface area contributed by atoms with Gasteiger partial charge in [-0.1, -0.05) is 109 Å². The first kappa shape index (κ1) is 31.6. The standard InChI is InChI=1S/C51H30N4O/c1-53-43-26-29-45(42(31-52)49(43)48-38-21-10-8-18-35(38)36-19-9-11-22-39(36)48)55-44-27-24-34(54(32-14-4-2-5-15-32)33-16-6-3-7-17-33)30-41(44)50-46(55)28-25-40-37-20-12-13-23-47(37)56-51(40)50/h2-30,48H. The molecule has 0 unspecified atom stereocenters. The van der Waals surface area contributed by atoms with E-state index in [1.807, 2.05) is 54.6 Å². The summed E-state index contributed by atoms with van der Waals surface area (Å²) in [5.41, 5.74) is 13.4. The molecule has 0 saturated carbocycles. The fraction of sp³-hybridized carbons (Fsp3) is 0.0196. The molecule has 5 heteroatoms. The Balaban J connectivity index is 1.24. The highest BCUT2D eigenvalue weighted by atomic mass is 16.3. The Kier molecular flexibility index (Phi) is 6.98. The number of nitrogens with zero attached hydrogens (tertiary/aromatic N) is 4. The maximum atomic E-state index is 11.3. The summed E-state index contributed by atoms with van der Waals surface area (Å²) in [4.78, 5) is 6.30. The van der Waals surface area contributed by atoms with Crippen LogP contribution in [-0.2, 0) is 0 Å². The van der Waals surface area contributed by atoms with Crippen molar-refractivity contribution in [3.63, 3.8) is 0 Å². The molecule has 0 bridgehead atoms. The zero-order valence-electron chi connectivity index (χ0n) is 30.0. The Morgan fingerprint density at radius 1 is 0.589 bits per heavy atom. The van der Waals surface area contributed by atoms with Crippen LogP contribution >= 0.6 is 0 Å². The highest BCUT2D eigenvalue weighted by Gasteiger charge is 2.34. The molecule has 0 aliphatic heterocycles. The molecule has 0 spiro atoms. The number of nitriles is 1. The molecule has 10 aromatic rings. The van der Waals surface area contributed by atoms with Gasteiger partial charge in [-0.3, -0.25) is 0 Å². The molecular weight excluding hydrogens is 685 g/mol. The topological polar surface area (TPSA) is 49.5 Å². The molecule has 5 nitrogen and oxygen atoms in total. The van der Waals surface area contributed by atoms with Crippen molar-refractivity contribution in [1.29, 1.82) is 5.26 Å². The van der Waals surface area contributed by atoms with Crippen molar-refractivity contribution in [1.82, 2.24) is 4.57 Å². The molecular formula is C51H30N4O. The van der Waals surface area contributed by atoms with Gasteiger partial charge in [0.2, 0.25) is 0 Å². The fourth-order valence-corrected chi connectivity index (χ4v) is 9.03. The zero-order chi connectivity index (χ0) is 37.3. The van der Waals surface area contributed by atoms with Gasteiger partial charge < -0.3 is 13.9 Å². The maximum absolute atomic E-state index is 11.3. The fourth-order valence-electron chi connectivity index (χ4n) is 9.03. The average molecular weight is 715 g/mol. The Hall–Kier alpha value is -7.86. The Labute approximate surface area is 323 Å². The summed E-state index contributed by atoms with van der Waals surface area (Å²) >= 11 is 0. The minimum atomic E-state index is -0.270. The van der Waals surface area contributed by atoms with Crippen molar-refractivity contribution in [2.75, 3.05) is 4.90 Å². The van der Waals surface area contributed by atoms with Gasteiger partial charge in [-0.05, 0) is 94.5 Å². The number of para-hydroxylation sites is 3. The van der Waals surface area contributed by atoms with E-state index < -0.39 is 0 Å². The second-order valence-electron chi connectivity index (χ2n) is 14.2. The number of aromatic nitrogens is 1. The van der Waals surface area contributed by atoms with Gasteiger partial charge in [-0.15, -0.1) is 0 Å². The minimum absolute atomic E-state index is 0.270. The Bertz CT molecular complexity index is 3200. The van der Waals surface area contributed by atoms with Gasteiger partial charge in [0.15, 0.2) is 5.69 Å². The number of hydrogen-bond acceptors (Lipinski definition) is 3. The first-order valence-electron chi connectivity index (χ1n) is 18.6. The summed E-state index contributed by atoms with van der Waals surface area (Å²) in [6.45, 7) is 8.34. The summed E-state index contributed by atoms with van der Waals surface area (Å²) in [5, 5.41) is 15.3. The van der Waals surface area contributed by atoms with E-state index >= 15 is 0 Å². The van der Waals surface area contributed by atoms with Gasteiger partial charge in [0.1, 0.15) is 17.2 Å². The van der Waals surface area contributed by atoms with E-state index in [9.17, 15) is 5.26 Å². The molecule has 0 fully saturated rings. The van der Waals surface area contributed by atoms with Gasteiger partial charge >= 0.3 is 0 Å². The predicted octanol–water partition coefficient (Wildman–Crippen LogP) is 13.7. The van der Waals surface area contributed by atoms with Gasteiger partial charge in [-0.2, -0.15) is 5.26 Å². The van der Waals surface area contributed by atoms with Crippen LogP contribution in [0.1, 0.15) is 28.2 Å². The van der Waals surface area contributed by atoms with Crippen LogP contribution in [0.4, 0.5) is 22.7 Å². The second kappa shape index (κ2) is 12.4. The van der Waals surface area contributed by atoms with Crippen LogP contribution in [-0.4, -0.2) is 4.57 Å². The molecule has 56 heavy (non-hydrogen) atoms. The third kappa shape index (κ3) is 4.53. The van der Waals surface area contributed by atoms with Crippen LogP contribution in [0.25, 0.3) is 65.4 Å². The van der Waals surface area contributed by atoms with Crippen molar-refractivity contribution in [2.45, 2.75) is 5.92 Å². The molecule has 1 aliphatic carbocycles. The molecule has 1 aliphatic rings. The minimum Gasteiger partial charge on any atom is -0.455 e. The molecule has 0 amide bonds. The number of furan rings is 1. The van der Waals surface area contributed by atoms with E-state index in [4.69, 9.17) is 11.0 Å². The molecule has 2 aromatic heterocycles. The lowest BCUT2D eigenvalue weighted by Gasteiger charge is -2.25. The van der Waals surface area contributed by atoms with Crippen molar-refractivity contribution >= 4 is 66.5 Å². The number of hydrogen-bond donors (Lipinski definition) is 0. The average Bonchev–Trinajstić information content (AvgIpc) is 3.91. The first-order chi connectivity index (χ1) is 27.7. The largest absolute Gasteiger partial charge is 0.455 e. The number of benzene rings is 8. The SMILES string of the molecule is [C-]#[N+]c1ccc(-n2c3ccc(N(c4ccccc4)c4ccccc4)cc3c3c4oc5ccccc5c4ccc32)c(C#N)c1C1c2ccccc2-c2ccccc21. The van der Waals surface area contributed by atoms with E-state index in [2.05, 4.69) is 142 Å². The van der Waals surface area contributed by atoms with Gasteiger partial charge in [0.25, 0.3) is 0 Å². The van der Waals surface area contributed by atoms with Crippen LogP contribution in [0.5, 0.6) is 0 Å². The summed E-state index contributed by atoms with van der Waals surface area (Å²) in [7, 11) is 0. The molecule has 0 saturated heterocycles. The quantitative estimate of drug-likeness (QED) is 0.167. The van der Waals surface area contributed by atoms with Crippen LogP contribution in [0.15, 0.2) is 180 Å². The molecule has 11 rings (SSSR count). The molecule has 2 heterocycles. The maximum Gasteiger partial charge on any atom is 0.192 e. The molecule has 0 N–H and O–H groups in total. The number of anilines is 3. The number of fused-ring (bicyclic) bond motifs is 10. The van der Waals surface area contributed by atoms with E-state index in [0.29, 0.717) is 11.3 Å². The Morgan fingerprint density at radius 3 is 1.89 bits per heavy atom. The van der Waals surface area contributed by atoms with Gasteiger partial charge in [0.05, 0.1) is 34.2 Å². The van der Waals surface area contributed by atoms with E-state index in [1.165, 1.54) is 0 Å². The van der Waals surface area contributed by atoms with E-state index in [-0.39, 0.29) is 5.92 Å². The lowest BCUT2D eigenvalue weighted by Crippen LogP contribution is -2.09. The highest BCUT2D eigenvalue weighted by Crippen LogP contribution is 2.52. The van der Waals surface area contributed by atoms with Crippen molar-refractivity contribution in [3.8, 4) is 22.9 Å². The van der Waals surface area contributed by atoms with Crippen LogP contribution in [0.3, 0.4) is 0 Å². The lowest BCUT2D eigenvalue weighted by atomic mass is 9.84. The Morgan fingerprint density at radius 2 is 1.21 bits per heavy atom. The first-order valence-corrected chi connectivity index (χ1v) is 18.6. The van der Waals surface area contributed by atoms with Crippen molar-refractivity contribution in [2.24, 2.45) is 0 Å². The van der Waals surface area contributed by atoms with Gasteiger partial charge in [-0.25, -0.2) is 4.85 Å². The number of rotatable bonds is 5. The summed E-state index contributed by atoms with van der Waals surface area (Å²) < 4.78 is 8.93. The van der Waals surface area contributed by atoms with E-state index in [0.717, 1.165) is 94.3 Å². The third-order valence-corrected chi connectivity index (χ3v) is 11.3. The molecule has 0 radical (unpaired) electrons. The molecule has 0 atom stereocenters. The predicted molar refractivity (Wildman–Crippen MR) is 227 cm³/mol. The smallest absolute Gasteiger partial charge is 0.192 e. The zero-order valence-corrected chi connectivity index (χ0v) is 30.0. The summed E-state index contributed by atoms with van der Waals surface area (Å²) in [6.07, 6.45) is 0. The van der Waals surface area contributed by atoms with Crippen molar-refractivity contribution < 1.29 is 4.42 Å².